The van der Waals surface area contributed by atoms with Crippen LogP contribution in [-0.4, -0.2) is 37.7 Å². The van der Waals surface area contributed by atoms with Crippen molar-refractivity contribution in [3.63, 3.8) is 0 Å². The van der Waals surface area contributed by atoms with Crippen molar-refractivity contribution in [1.82, 2.24) is 0 Å². The number of hydrogen-bond donors (Lipinski definition) is 0. The molecule has 46 heavy (non-hydrogen) atoms. The highest BCUT2D eigenvalue weighted by Gasteiger charge is 2.26. The van der Waals surface area contributed by atoms with Crippen LogP contribution in [0.4, 0.5) is 34.1 Å². The minimum Gasteiger partial charge on any atom is -0.465 e. The number of ketones is 2. The second-order valence-electron chi connectivity index (χ2n) is 10.4. The molecule has 0 unspecified atom stereocenters. The van der Waals surface area contributed by atoms with Gasteiger partial charge in [0.1, 0.15) is 0 Å². The van der Waals surface area contributed by atoms with Crippen molar-refractivity contribution in [1.29, 1.82) is 0 Å². The molecule has 0 saturated heterocycles. The second-order valence-corrected chi connectivity index (χ2v) is 10.4. The predicted molar refractivity (Wildman–Crippen MR) is 178 cm³/mol. The van der Waals surface area contributed by atoms with Crippen LogP contribution < -0.4 is 9.80 Å². The van der Waals surface area contributed by atoms with Crippen molar-refractivity contribution in [2.75, 3.05) is 24.0 Å². The van der Waals surface area contributed by atoms with Crippen molar-refractivity contribution in [2.24, 2.45) is 0 Å². The zero-order chi connectivity index (χ0) is 32.8. The zero-order valence-electron chi connectivity index (χ0n) is 25.9. The zero-order valence-corrected chi connectivity index (χ0v) is 25.9. The highest BCUT2D eigenvalue weighted by molar-refractivity contribution is 6.06. The Bertz CT molecular complexity index is 1790. The summed E-state index contributed by atoms with van der Waals surface area (Å²) in [5, 5.41) is 0. The highest BCUT2D eigenvalue weighted by atomic mass is 16.5. The first kappa shape index (κ1) is 31.4. The van der Waals surface area contributed by atoms with Crippen LogP contribution in [0.25, 0.3) is 0 Å². The van der Waals surface area contributed by atoms with E-state index in [1.165, 1.54) is 28.1 Å². The van der Waals surface area contributed by atoms with Gasteiger partial charge in [-0.05, 0) is 86.6 Å². The fourth-order valence-electron chi connectivity index (χ4n) is 5.40. The first-order valence-corrected chi connectivity index (χ1v) is 14.5. The van der Waals surface area contributed by atoms with Gasteiger partial charge in [-0.1, -0.05) is 48.5 Å². The molecule has 5 rings (SSSR count). The van der Waals surface area contributed by atoms with Crippen LogP contribution in [0, 0.1) is 0 Å². The maximum absolute atomic E-state index is 12.9. The molecule has 0 aliphatic carbocycles. The lowest BCUT2D eigenvalue weighted by Crippen LogP contribution is -2.19. The molecule has 8 heteroatoms. The summed E-state index contributed by atoms with van der Waals surface area (Å²) in [5.74, 6) is -1.33. The molecule has 0 aliphatic heterocycles. The van der Waals surface area contributed by atoms with Gasteiger partial charge in [-0.2, -0.15) is 0 Å². The van der Waals surface area contributed by atoms with Crippen LogP contribution in [0.15, 0.2) is 121 Å². The van der Waals surface area contributed by atoms with Crippen LogP contribution in [0.5, 0.6) is 0 Å². The van der Waals surface area contributed by atoms with Gasteiger partial charge in [-0.3, -0.25) is 9.59 Å². The molecule has 230 valence electrons. The average molecular weight is 613 g/mol. The standard InChI is InChI=1S/C38H32N2O6/c1-25(41)29-13-5-9-17-33(29)39(35-19-11-7-15-31(35)37(43)45-3)27-21-23-28(24-22-27)40(34-18-10-6-14-30(34)26(2)42)36-20-12-8-16-32(36)38(44)46-4/h5-24H,1-4H3. The van der Waals surface area contributed by atoms with Crippen molar-refractivity contribution in [3.05, 3.63) is 144 Å². The minimum absolute atomic E-state index is 0.140. The van der Waals surface area contributed by atoms with Crippen molar-refractivity contribution in [3.8, 4) is 0 Å². The maximum Gasteiger partial charge on any atom is 0.339 e. The lowest BCUT2D eigenvalue weighted by Gasteiger charge is -2.31. The van der Waals surface area contributed by atoms with Gasteiger partial charge in [0, 0.05) is 22.5 Å². The molecule has 0 heterocycles. The molecule has 0 saturated carbocycles. The van der Waals surface area contributed by atoms with Gasteiger partial charge in [0.15, 0.2) is 11.6 Å². The number of ether oxygens (including phenoxy) is 2. The monoisotopic (exact) mass is 612 g/mol. The number of nitrogens with zero attached hydrogens (tertiary/aromatic N) is 2. The van der Waals surface area contributed by atoms with Gasteiger partial charge in [-0.25, -0.2) is 9.59 Å². The van der Waals surface area contributed by atoms with E-state index in [0.29, 0.717) is 56.4 Å². The molecule has 0 radical (unpaired) electrons. The molecular formula is C38H32N2O6. The van der Waals surface area contributed by atoms with Crippen LogP contribution >= 0.6 is 0 Å². The van der Waals surface area contributed by atoms with E-state index in [2.05, 4.69) is 0 Å². The molecular weight excluding hydrogens is 580 g/mol. The third kappa shape index (κ3) is 6.14. The molecule has 0 aliphatic rings. The highest BCUT2D eigenvalue weighted by Crippen LogP contribution is 2.43. The second kappa shape index (κ2) is 13.7. The van der Waals surface area contributed by atoms with E-state index < -0.39 is 11.9 Å². The summed E-state index contributed by atoms with van der Waals surface area (Å²) in [6.07, 6.45) is 0. The maximum atomic E-state index is 12.9. The van der Waals surface area contributed by atoms with Gasteiger partial charge in [-0.15, -0.1) is 0 Å². The topological polar surface area (TPSA) is 93.2 Å². The van der Waals surface area contributed by atoms with Gasteiger partial charge >= 0.3 is 11.9 Å². The van der Waals surface area contributed by atoms with Crippen molar-refractivity contribution in [2.45, 2.75) is 13.8 Å². The fraction of sp³-hybridized carbons (Fsp3) is 0.105. The van der Waals surface area contributed by atoms with E-state index >= 15 is 0 Å². The summed E-state index contributed by atoms with van der Waals surface area (Å²) in [7, 11) is 2.64. The largest absolute Gasteiger partial charge is 0.465 e. The molecule has 8 nitrogen and oxygen atoms in total. The number of benzene rings is 5. The number of Topliss-reactive ketones (excluding diaryl/α,β-unsaturated/α-hetero) is 2. The fourth-order valence-corrected chi connectivity index (χ4v) is 5.40. The van der Waals surface area contributed by atoms with E-state index in [0.717, 1.165) is 0 Å². The quantitative estimate of drug-likeness (QED) is 0.114. The molecule has 0 aromatic heterocycles. The first-order chi connectivity index (χ1) is 22.3. The van der Waals surface area contributed by atoms with Crippen LogP contribution in [0.2, 0.25) is 0 Å². The van der Waals surface area contributed by atoms with Gasteiger partial charge in [0.25, 0.3) is 0 Å². The minimum atomic E-state index is -0.524. The SMILES string of the molecule is COC(=O)c1ccccc1N(c1ccc(N(c2ccccc2C(C)=O)c2ccccc2C(=O)OC)cc1)c1ccccc1C(C)=O. The summed E-state index contributed by atoms with van der Waals surface area (Å²) >= 11 is 0. The van der Waals surface area contributed by atoms with Gasteiger partial charge in [0.2, 0.25) is 0 Å². The summed E-state index contributed by atoms with van der Waals surface area (Å²) < 4.78 is 10.2. The van der Waals surface area contributed by atoms with Crippen LogP contribution in [-0.2, 0) is 9.47 Å². The number of carbonyl (C=O) groups excluding carboxylic acids is 4. The number of anilines is 6. The smallest absolute Gasteiger partial charge is 0.339 e. The molecule has 0 amide bonds. The van der Waals surface area contributed by atoms with E-state index in [-0.39, 0.29) is 11.6 Å². The molecule has 0 atom stereocenters. The van der Waals surface area contributed by atoms with Crippen LogP contribution in [0.1, 0.15) is 55.3 Å². The Balaban J connectivity index is 1.74. The molecule has 5 aromatic rings. The van der Waals surface area contributed by atoms with E-state index in [4.69, 9.17) is 9.47 Å². The summed E-state index contributed by atoms with van der Waals surface area (Å²) in [5.41, 5.74) is 5.06. The average Bonchev–Trinajstić information content (AvgIpc) is 3.09. The number of para-hydroxylation sites is 4. The van der Waals surface area contributed by atoms with E-state index in [1.54, 1.807) is 60.7 Å². The molecule has 0 fully saturated rings. The predicted octanol–water partition coefficient (Wildman–Crippen LogP) is 8.60. The number of carbonyl (C=O) groups is 4. The third-order valence-electron chi connectivity index (χ3n) is 7.52. The third-order valence-corrected chi connectivity index (χ3v) is 7.52. The molecule has 0 N–H and O–H groups in total. The molecule has 5 aromatic carbocycles. The summed E-state index contributed by atoms with van der Waals surface area (Å²) in [6.45, 7) is 2.99. The Labute approximate surface area is 267 Å². The van der Waals surface area contributed by atoms with Gasteiger partial charge in [0.05, 0.1) is 48.1 Å². The summed E-state index contributed by atoms with van der Waals surface area (Å²) in [4.78, 5) is 55.0. The van der Waals surface area contributed by atoms with Crippen LogP contribution in [0.3, 0.4) is 0 Å². The number of esters is 2. The van der Waals surface area contributed by atoms with Crippen molar-refractivity contribution >= 4 is 57.6 Å². The lowest BCUT2D eigenvalue weighted by atomic mass is 10.0. The number of rotatable bonds is 10. The number of methoxy groups -OCH3 is 2. The Hall–Kier alpha value is -6.02. The normalized spacial score (nSPS) is 10.5. The Morgan fingerprint density at radius 1 is 0.413 bits per heavy atom. The summed E-state index contributed by atoms with van der Waals surface area (Å²) in [6, 6.07) is 35.8. The lowest BCUT2D eigenvalue weighted by molar-refractivity contribution is 0.0592. The Morgan fingerprint density at radius 3 is 0.957 bits per heavy atom. The van der Waals surface area contributed by atoms with E-state index in [1.807, 2.05) is 70.5 Å². The molecule has 0 bridgehead atoms. The Morgan fingerprint density at radius 2 is 0.674 bits per heavy atom. The van der Waals surface area contributed by atoms with Gasteiger partial charge < -0.3 is 19.3 Å². The first-order valence-electron chi connectivity index (χ1n) is 14.5. The Kier molecular flexibility index (Phi) is 9.38. The van der Waals surface area contributed by atoms with E-state index in [9.17, 15) is 19.2 Å². The van der Waals surface area contributed by atoms with Crippen molar-refractivity contribution < 1.29 is 28.7 Å². The number of hydrogen-bond acceptors (Lipinski definition) is 8. The molecule has 0 spiro atoms.